The number of nitrogens with zero attached hydrogens (tertiary/aromatic N) is 3. The predicted molar refractivity (Wildman–Crippen MR) is 108 cm³/mol. The molecule has 26 heavy (non-hydrogen) atoms. The van der Waals surface area contributed by atoms with Crippen molar-refractivity contribution in [3.8, 4) is 11.4 Å². The van der Waals surface area contributed by atoms with Crippen molar-refractivity contribution in [1.82, 2.24) is 10.1 Å². The molecular weight excluding hydrogens is 350 g/mol. The van der Waals surface area contributed by atoms with E-state index in [-0.39, 0.29) is 24.4 Å². The molecule has 2 aromatic rings. The average molecular weight is 380 g/mol. The summed E-state index contributed by atoms with van der Waals surface area (Å²) < 4.78 is 5.24. The van der Waals surface area contributed by atoms with Gasteiger partial charge in [-0.2, -0.15) is 4.98 Å². The second-order valence-electron chi connectivity index (χ2n) is 6.40. The summed E-state index contributed by atoms with van der Waals surface area (Å²) in [5.74, 6) is 0.963. The number of nitrogens with two attached hydrogens (primary N) is 2. The van der Waals surface area contributed by atoms with Crippen LogP contribution in [0, 0.1) is 0 Å². The maximum Gasteiger partial charge on any atom is 0.251 e. The Morgan fingerprint density at radius 3 is 2.38 bits per heavy atom. The number of hydrogen-bond acceptors (Lipinski definition) is 4. The van der Waals surface area contributed by atoms with Gasteiger partial charge in [0.05, 0.1) is 0 Å². The molecule has 1 aromatic carbocycles. The summed E-state index contributed by atoms with van der Waals surface area (Å²) in [5, 5.41) is 4.01. The normalized spacial score (nSPS) is 11.6. The molecule has 4 N–H and O–H groups in total. The maximum absolute atomic E-state index is 5.38. The molecule has 1 heterocycles. The van der Waals surface area contributed by atoms with Crippen LogP contribution in [-0.4, -0.2) is 16.1 Å². The highest BCUT2D eigenvalue weighted by Crippen LogP contribution is 2.21. The zero-order chi connectivity index (χ0) is 18.1. The van der Waals surface area contributed by atoms with Gasteiger partial charge in [-0.3, -0.25) is 0 Å². The Morgan fingerprint density at radius 2 is 1.73 bits per heavy atom. The third-order valence-corrected chi connectivity index (χ3v) is 4.17. The molecule has 0 spiro atoms. The van der Waals surface area contributed by atoms with Crippen molar-refractivity contribution in [2.24, 2.45) is 16.5 Å². The first-order chi connectivity index (χ1) is 12.1. The number of aryl methyl sites for hydroxylation is 1. The first kappa shape index (κ1) is 22.0. The van der Waals surface area contributed by atoms with Gasteiger partial charge in [0.15, 0.2) is 5.96 Å². The van der Waals surface area contributed by atoms with Gasteiger partial charge in [-0.05, 0) is 25.3 Å². The van der Waals surface area contributed by atoms with Crippen LogP contribution in [0.3, 0.4) is 0 Å². The Morgan fingerprint density at radius 1 is 1.08 bits per heavy atom. The van der Waals surface area contributed by atoms with Crippen LogP contribution in [-0.2, 0) is 6.42 Å². The van der Waals surface area contributed by atoms with Gasteiger partial charge in [-0.15, -0.1) is 12.4 Å². The quantitative estimate of drug-likeness (QED) is 0.362. The number of rotatable bonds is 10. The molecule has 0 radical (unpaired) electrons. The van der Waals surface area contributed by atoms with Crippen LogP contribution in [0.1, 0.15) is 69.9 Å². The predicted octanol–water partition coefficient (Wildman–Crippen LogP) is 4.40. The van der Waals surface area contributed by atoms with E-state index in [1.807, 2.05) is 12.1 Å². The third kappa shape index (κ3) is 7.04. The maximum atomic E-state index is 5.38. The Labute approximate surface area is 161 Å². The van der Waals surface area contributed by atoms with E-state index in [4.69, 9.17) is 16.0 Å². The summed E-state index contributed by atoms with van der Waals surface area (Å²) in [5.41, 5.74) is 13.0. The third-order valence-electron chi connectivity index (χ3n) is 4.17. The summed E-state index contributed by atoms with van der Waals surface area (Å²) in [4.78, 5) is 8.38. The van der Waals surface area contributed by atoms with Crippen molar-refractivity contribution < 1.29 is 4.52 Å². The lowest BCUT2D eigenvalue weighted by Crippen LogP contribution is -2.23. The number of hydrogen-bond donors (Lipinski definition) is 2. The van der Waals surface area contributed by atoms with Crippen LogP contribution in [0.25, 0.3) is 11.4 Å². The van der Waals surface area contributed by atoms with E-state index in [0.717, 1.165) is 12.0 Å². The van der Waals surface area contributed by atoms with Crippen LogP contribution < -0.4 is 11.5 Å². The molecule has 1 aromatic heterocycles. The Bertz CT molecular complexity index is 665. The lowest BCUT2D eigenvalue weighted by Gasteiger charge is -2.03. The largest absolute Gasteiger partial charge is 0.370 e. The van der Waals surface area contributed by atoms with Gasteiger partial charge >= 0.3 is 0 Å². The smallest absolute Gasteiger partial charge is 0.251 e. The van der Waals surface area contributed by atoms with Crippen LogP contribution in [0.4, 0.5) is 0 Å². The van der Waals surface area contributed by atoms with Gasteiger partial charge in [-0.1, -0.05) is 68.4 Å². The number of aliphatic imine (C=N–C) groups is 1. The molecule has 0 fully saturated rings. The molecule has 0 bridgehead atoms. The van der Waals surface area contributed by atoms with E-state index >= 15 is 0 Å². The molecule has 2 rings (SSSR count). The first-order valence-corrected chi connectivity index (χ1v) is 9.11. The monoisotopic (exact) mass is 379 g/mol. The minimum Gasteiger partial charge on any atom is -0.370 e. The zero-order valence-corrected chi connectivity index (χ0v) is 16.5. The van der Waals surface area contributed by atoms with Gasteiger partial charge in [0.2, 0.25) is 5.82 Å². The van der Waals surface area contributed by atoms with E-state index < -0.39 is 0 Å². The molecule has 0 aliphatic rings. The van der Waals surface area contributed by atoms with E-state index in [2.05, 4.69) is 34.2 Å². The Kier molecular flexibility index (Phi) is 9.73. The minimum absolute atomic E-state index is 0. The molecule has 6 nitrogen and oxygen atoms in total. The lowest BCUT2D eigenvalue weighted by atomic mass is 10.0. The molecule has 0 saturated carbocycles. The van der Waals surface area contributed by atoms with Crippen molar-refractivity contribution in [2.75, 3.05) is 0 Å². The molecule has 0 amide bonds. The highest BCUT2D eigenvalue weighted by molar-refractivity contribution is 5.85. The first-order valence-electron chi connectivity index (χ1n) is 9.11. The molecule has 0 saturated heterocycles. The summed E-state index contributed by atoms with van der Waals surface area (Å²) in [7, 11) is 0. The number of benzene rings is 1. The zero-order valence-electron chi connectivity index (χ0n) is 15.6. The SMILES string of the molecule is CCCCCCCCc1ccc(-c2noc(C(C)N=C(N)N)n2)cc1.Cl. The number of aromatic nitrogens is 2. The standard InChI is InChI=1S/C19H29N5O.ClH/c1-3-4-5-6-7-8-9-15-10-12-16(13-11-15)17-23-18(25-24-17)14(2)22-19(20)21;/h10-14H,3-9H2,1-2H3,(H4,20,21,22);1H. The molecule has 0 aliphatic heterocycles. The van der Waals surface area contributed by atoms with Crippen molar-refractivity contribution in [3.05, 3.63) is 35.7 Å². The van der Waals surface area contributed by atoms with Crippen molar-refractivity contribution in [1.29, 1.82) is 0 Å². The fourth-order valence-corrected chi connectivity index (χ4v) is 2.73. The second-order valence-corrected chi connectivity index (χ2v) is 6.40. The van der Waals surface area contributed by atoms with Gasteiger partial charge in [0.25, 0.3) is 5.89 Å². The van der Waals surface area contributed by atoms with Gasteiger partial charge in [-0.25, -0.2) is 4.99 Å². The number of guanidine groups is 1. The van der Waals surface area contributed by atoms with Crippen molar-refractivity contribution in [2.45, 2.75) is 64.8 Å². The van der Waals surface area contributed by atoms with Crippen molar-refractivity contribution >= 4 is 18.4 Å². The number of halogens is 1. The minimum atomic E-state index is -0.349. The Hall–Kier alpha value is -2.08. The highest BCUT2D eigenvalue weighted by Gasteiger charge is 2.14. The molecule has 1 atom stereocenters. The van der Waals surface area contributed by atoms with E-state index in [1.54, 1.807) is 6.92 Å². The second kappa shape index (κ2) is 11.5. The summed E-state index contributed by atoms with van der Waals surface area (Å²) in [6.45, 7) is 4.05. The highest BCUT2D eigenvalue weighted by atomic mass is 35.5. The fraction of sp³-hybridized carbons (Fsp3) is 0.526. The average Bonchev–Trinajstić information content (AvgIpc) is 3.08. The van der Waals surface area contributed by atoms with E-state index in [1.165, 1.54) is 44.1 Å². The van der Waals surface area contributed by atoms with Gasteiger partial charge in [0.1, 0.15) is 6.04 Å². The fourth-order valence-electron chi connectivity index (χ4n) is 2.73. The van der Waals surface area contributed by atoms with Crippen LogP contribution in [0.5, 0.6) is 0 Å². The van der Waals surface area contributed by atoms with E-state index in [9.17, 15) is 0 Å². The summed E-state index contributed by atoms with van der Waals surface area (Å²) in [6, 6.07) is 7.99. The topological polar surface area (TPSA) is 103 Å². The van der Waals surface area contributed by atoms with Crippen LogP contribution in [0.2, 0.25) is 0 Å². The molecular formula is C19H30ClN5O. The number of unbranched alkanes of at least 4 members (excludes halogenated alkanes) is 5. The molecule has 1 unspecified atom stereocenters. The van der Waals surface area contributed by atoms with Gasteiger partial charge < -0.3 is 16.0 Å². The molecule has 0 aliphatic carbocycles. The van der Waals surface area contributed by atoms with E-state index in [0.29, 0.717) is 11.7 Å². The van der Waals surface area contributed by atoms with Gasteiger partial charge in [0, 0.05) is 5.56 Å². The Balaban J connectivity index is 0.00000338. The summed E-state index contributed by atoms with van der Waals surface area (Å²) >= 11 is 0. The summed E-state index contributed by atoms with van der Waals surface area (Å²) in [6.07, 6.45) is 9.00. The van der Waals surface area contributed by atoms with Crippen molar-refractivity contribution in [3.63, 3.8) is 0 Å². The lowest BCUT2D eigenvalue weighted by molar-refractivity contribution is 0.362. The van der Waals surface area contributed by atoms with Crippen LogP contribution >= 0.6 is 12.4 Å². The van der Waals surface area contributed by atoms with Crippen LogP contribution in [0.15, 0.2) is 33.8 Å². The molecule has 7 heteroatoms. The molecule has 144 valence electrons.